The zero-order valence-corrected chi connectivity index (χ0v) is 11.3. The summed E-state index contributed by atoms with van der Waals surface area (Å²) < 4.78 is 10.3. The Morgan fingerprint density at radius 1 is 1.61 bits per heavy atom. The number of aromatic nitrogens is 1. The topological polar surface area (TPSA) is 50.5 Å². The quantitative estimate of drug-likeness (QED) is 0.791. The molecule has 1 saturated heterocycles. The van der Waals surface area contributed by atoms with Crippen LogP contribution >= 0.6 is 0 Å². The molecule has 0 aromatic carbocycles. The number of methoxy groups -OCH3 is 1. The smallest absolute Gasteiger partial charge is 0.133 e. The molecule has 1 aromatic heterocycles. The van der Waals surface area contributed by atoms with Crippen LogP contribution in [-0.4, -0.2) is 49.4 Å². The Balaban J connectivity index is 1.86. The van der Waals surface area contributed by atoms with Crippen molar-refractivity contribution in [2.24, 2.45) is 0 Å². The molecular weight excluding hydrogens is 230 g/mol. The maximum absolute atomic E-state index is 5.17. The van der Waals surface area contributed by atoms with Gasteiger partial charge in [0.2, 0.25) is 0 Å². The zero-order chi connectivity index (χ0) is 12.8. The third-order valence-corrected chi connectivity index (χ3v) is 3.31. The van der Waals surface area contributed by atoms with Gasteiger partial charge in [-0.05, 0) is 26.3 Å². The SMILES string of the molecule is COCCN(Cc1cc(C)on1)CC1CCCN1. The van der Waals surface area contributed by atoms with Gasteiger partial charge < -0.3 is 14.6 Å². The summed E-state index contributed by atoms with van der Waals surface area (Å²) >= 11 is 0. The first-order valence-electron chi connectivity index (χ1n) is 6.65. The second-order valence-electron chi connectivity index (χ2n) is 4.95. The van der Waals surface area contributed by atoms with E-state index in [0.717, 1.165) is 44.2 Å². The normalized spacial score (nSPS) is 19.8. The van der Waals surface area contributed by atoms with Crippen molar-refractivity contribution in [1.29, 1.82) is 0 Å². The Morgan fingerprint density at radius 2 is 2.50 bits per heavy atom. The number of nitrogens with one attached hydrogen (secondary N) is 1. The van der Waals surface area contributed by atoms with Crippen molar-refractivity contribution in [3.8, 4) is 0 Å². The van der Waals surface area contributed by atoms with E-state index in [1.54, 1.807) is 7.11 Å². The van der Waals surface area contributed by atoms with E-state index in [9.17, 15) is 0 Å². The van der Waals surface area contributed by atoms with E-state index in [4.69, 9.17) is 9.26 Å². The molecule has 0 saturated carbocycles. The van der Waals surface area contributed by atoms with Crippen molar-refractivity contribution < 1.29 is 9.26 Å². The van der Waals surface area contributed by atoms with Gasteiger partial charge in [0, 0.05) is 38.9 Å². The molecular formula is C13H23N3O2. The predicted octanol–water partition coefficient (Wildman–Crippen LogP) is 1.18. The second-order valence-corrected chi connectivity index (χ2v) is 4.95. The van der Waals surface area contributed by atoms with Crippen molar-refractivity contribution >= 4 is 0 Å². The van der Waals surface area contributed by atoms with Gasteiger partial charge >= 0.3 is 0 Å². The average Bonchev–Trinajstić information content (AvgIpc) is 2.98. The van der Waals surface area contributed by atoms with Crippen LogP contribution in [0.1, 0.15) is 24.3 Å². The number of hydrogen-bond donors (Lipinski definition) is 1. The lowest BCUT2D eigenvalue weighted by molar-refractivity contribution is 0.136. The van der Waals surface area contributed by atoms with E-state index >= 15 is 0 Å². The van der Waals surface area contributed by atoms with Crippen LogP contribution in [0.3, 0.4) is 0 Å². The van der Waals surface area contributed by atoms with E-state index < -0.39 is 0 Å². The van der Waals surface area contributed by atoms with E-state index in [1.807, 2.05) is 13.0 Å². The molecule has 0 bridgehead atoms. The van der Waals surface area contributed by atoms with Crippen LogP contribution in [0.5, 0.6) is 0 Å². The van der Waals surface area contributed by atoms with Crippen molar-refractivity contribution in [2.45, 2.75) is 32.4 Å². The van der Waals surface area contributed by atoms with Gasteiger partial charge in [0.1, 0.15) is 5.76 Å². The summed E-state index contributed by atoms with van der Waals surface area (Å²) in [6.45, 7) is 6.64. The van der Waals surface area contributed by atoms with Crippen LogP contribution in [0.25, 0.3) is 0 Å². The van der Waals surface area contributed by atoms with E-state index in [-0.39, 0.29) is 0 Å². The van der Waals surface area contributed by atoms with Crippen LogP contribution in [0, 0.1) is 6.92 Å². The predicted molar refractivity (Wildman–Crippen MR) is 69.4 cm³/mol. The highest BCUT2D eigenvalue weighted by Crippen LogP contribution is 2.10. The van der Waals surface area contributed by atoms with Gasteiger partial charge in [-0.15, -0.1) is 0 Å². The molecule has 1 unspecified atom stereocenters. The Morgan fingerprint density at radius 3 is 3.11 bits per heavy atom. The highest BCUT2D eigenvalue weighted by Gasteiger charge is 2.18. The minimum Gasteiger partial charge on any atom is -0.383 e. The fourth-order valence-electron chi connectivity index (χ4n) is 2.40. The molecule has 1 aromatic rings. The summed E-state index contributed by atoms with van der Waals surface area (Å²) in [7, 11) is 1.74. The maximum Gasteiger partial charge on any atom is 0.133 e. The van der Waals surface area contributed by atoms with Gasteiger partial charge in [0.15, 0.2) is 0 Å². The first kappa shape index (κ1) is 13.5. The molecule has 102 valence electrons. The Labute approximate surface area is 108 Å². The third-order valence-electron chi connectivity index (χ3n) is 3.31. The van der Waals surface area contributed by atoms with Crippen molar-refractivity contribution in [1.82, 2.24) is 15.4 Å². The van der Waals surface area contributed by atoms with Crippen molar-refractivity contribution in [2.75, 3.05) is 33.4 Å². The Kier molecular flexibility index (Phi) is 5.16. The molecule has 2 heterocycles. The molecule has 1 aliphatic heterocycles. The Hall–Kier alpha value is -0.910. The van der Waals surface area contributed by atoms with Crippen LogP contribution < -0.4 is 5.32 Å². The molecule has 0 aliphatic carbocycles. The highest BCUT2D eigenvalue weighted by molar-refractivity contribution is 5.03. The fraction of sp³-hybridized carbons (Fsp3) is 0.769. The molecule has 1 fully saturated rings. The van der Waals surface area contributed by atoms with E-state index in [2.05, 4.69) is 15.4 Å². The average molecular weight is 253 g/mol. The van der Waals surface area contributed by atoms with Crippen LogP contribution in [-0.2, 0) is 11.3 Å². The fourth-order valence-corrected chi connectivity index (χ4v) is 2.40. The van der Waals surface area contributed by atoms with E-state index in [1.165, 1.54) is 12.8 Å². The number of rotatable bonds is 7. The van der Waals surface area contributed by atoms with Gasteiger partial charge in [0.25, 0.3) is 0 Å². The van der Waals surface area contributed by atoms with Crippen molar-refractivity contribution in [3.63, 3.8) is 0 Å². The molecule has 1 N–H and O–H groups in total. The minimum atomic E-state index is 0.606. The lowest BCUT2D eigenvalue weighted by Gasteiger charge is -2.24. The van der Waals surface area contributed by atoms with Gasteiger partial charge in [-0.1, -0.05) is 5.16 Å². The van der Waals surface area contributed by atoms with Crippen molar-refractivity contribution in [3.05, 3.63) is 17.5 Å². The lowest BCUT2D eigenvalue weighted by Crippen LogP contribution is -2.38. The zero-order valence-electron chi connectivity index (χ0n) is 11.3. The molecule has 5 nitrogen and oxygen atoms in total. The van der Waals surface area contributed by atoms with Crippen LogP contribution in [0.2, 0.25) is 0 Å². The molecule has 0 radical (unpaired) electrons. The molecule has 18 heavy (non-hydrogen) atoms. The standard InChI is InChI=1S/C13H23N3O2/c1-11-8-13(15-18-11)10-16(6-7-17-2)9-12-4-3-5-14-12/h8,12,14H,3-7,9-10H2,1-2H3. The minimum absolute atomic E-state index is 0.606. The summed E-state index contributed by atoms with van der Waals surface area (Å²) in [6, 6.07) is 2.61. The first-order valence-corrected chi connectivity index (χ1v) is 6.65. The van der Waals surface area contributed by atoms with Crippen LogP contribution in [0.15, 0.2) is 10.6 Å². The summed E-state index contributed by atoms with van der Waals surface area (Å²) in [6.07, 6.45) is 2.55. The van der Waals surface area contributed by atoms with E-state index in [0.29, 0.717) is 6.04 Å². The molecule has 0 spiro atoms. The molecule has 2 rings (SSSR count). The maximum atomic E-state index is 5.17. The number of aryl methyl sites for hydroxylation is 1. The summed E-state index contributed by atoms with van der Waals surface area (Å²) in [4.78, 5) is 2.38. The first-order chi connectivity index (χ1) is 8.78. The summed E-state index contributed by atoms with van der Waals surface area (Å²) in [5, 5.41) is 7.59. The highest BCUT2D eigenvalue weighted by atomic mass is 16.5. The number of ether oxygens (including phenoxy) is 1. The van der Waals surface area contributed by atoms with Gasteiger partial charge in [-0.25, -0.2) is 0 Å². The van der Waals surface area contributed by atoms with Gasteiger partial charge in [0.05, 0.1) is 12.3 Å². The van der Waals surface area contributed by atoms with Gasteiger partial charge in [-0.2, -0.15) is 0 Å². The largest absolute Gasteiger partial charge is 0.383 e. The van der Waals surface area contributed by atoms with Gasteiger partial charge in [-0.3, -0.25) is 4.90 Å². The Bertz CT molecular complexity index is 348. The number of hydrogen-bond acceptors (Lipinski definition) is 5. The molecule has 0 amide bonds. The number of nitrogens with zero attached hydrogens (tertiary/aromatic N) is 2. The second kappa shape index (κ2) is 6.87. The summed E-state index contributed by atoms with van der Waals surface area (Å²) in [5.41, 5.74) is 1.00. The monoisotopic (exact) mass is 253 g/mol. The molecule has 1 atom stereocenters. The van der Waals surface area contributed by atoms with Crippen LogP contribution in [0.4, 0.5) is 0 Å². The third kappa shape index (κ3) is 4.08. The summed E-state index contributed by atoms with van der Waals surface area (Å²) in [5.74, 6) is 0.871. The molecule has 5 heteroatoms. The molecule has 1 aliphatic rings. The lowest BCUT2D eigenvalue weighted by atomic mass is 10.2.